The van der Waals surface area contributed by atoms with Crippen molar-refractivity contribution in [3.05, 3.63) is 20.8 Å². The molecule has 0 radical (unpaired) electrons. The summed E-state index contributed by atoms with van der Waals surface area (Å²) in [6, 6.07) is 3.89. The Balaban J connectivity index is 1.97. The van der Waals surface area contributed by atoms with Gasteiger partial charge in [0.05, 0.1) is 3.79 Å². The fourth-order valence-electron chi connectivity index (χ4n) is 2.20. The summed E-state index contributed by atoms with van der Waals surface area (Å²) in [5.41, 5.74) is -1.31. The Labute approximate surface area is 131 Å². The molecule has 1 N–H and O–H groups in total. The fraction of sp³-hybridized carbons (Fsp3) is 0.643. The number of carbonyl (C=O) groups is 1. The summed E-state index contributed by atoms with van der Waals surface area (Å²) in [4.78, 5) is 14.6. The summed E-state index contributed by atoms with van der Waals surface area (Å²) < 4.78 is 6.37. The molecule has 1 saturated heterocycles. The largest absolute Gasteiger partial charge is 0.444 e. The minimum Gasteiger partial charge on any atom is -0.444 e. The molecule has 2 rings (SSSR count). The van der Waals surface area contributed by atoms with E-state index < -0.39 is 11.2 Å². The molecular formula is C14H20BrNO3S. The maximum absolute atomic E-state index is 12.0. The van der Waals surface area contributed by atoms with Crippen molar-refractivity contribution in [3.8, 4) is 0 Å². The summed E-state index contributed by atoms with van der Waals surface area (Å²) in [5, 5.41) is 10.7. The average molecular weight is 362 g/mol. The molecule has 6 heteroatoms. The van der Waals surface area contributed by atoms with Crippen LogP contribution in [-0.2, 0) is 10.3 Å². The molecule has 2 heterocycles. The predicted molar refractivity (Wildman–Crippen MR) is 83.0 cm³/mol. The third kappa shape index (κ3) is 3.74. The van der Waals surface area contributed by atoms with Crippen LogP contribution >= 0.6 is 27.3 Å². The van der Waals surface area contributed by atoms with E-state index >= 15 is 0 Å². The lowest BCUT2D eigenvalue weighted by Crippen LogP contribution is -2.46. The molecule has 1 aliphatic heterocycles. The second-order valence-corrected chi connectivity index (χ2v) is 8.57. The highest BCUT2D eigenvalue weighted by atomic mass is 79.9. The summed E-state index contributed by atoms with van der Waals surface area (Å²) in [6.45, 7) is 6.60. The van der Waals surface area contributed by atoms with E-state index in [1.807, 2.05) is 32.9 Å². The van der Waals surface area contributed by atoms with E-state index in [4.69, 9.17) is 4.74 Å². The fourth-order valence-corrected chi connectivity index (χ4v) is 3.73. The SMILES string of the molecule is CC(C)(C)OC(=O)N1CCC(O)(c2ccc(Br)s2)CC1. The van der Waals surface area contributed by atoms with Crippen molar-refractivity contribution in [2.75, 3.05) is 13.1 Å². The van der Waals surface area contributed by atoms with Gasteiger partial charge in [0.2, 0.25) is 0 Å². The van der Waals surface area contributed by atoms with E-state index in [2.05, 4.69) is 15.9 Å². The summed E-state index contributed by atoms with van der Waals surface area (Å²) >= 11 is 4.96. The average Bonchev–Trinajstić information content (AvgIpc) is 2.75. The van der Waals surface area contributed by atoms with Crippen LogP contribution in [0.4, 0.5) is 4.79 Å². The third-order valence-electron chi connectivity index (χ3n) is 3.27. The maximum atomic E-state index is 12.0. The minimum atomic E-state index is -0.824. The van der Waals surface area contributed by atoms with Gasteiger partial charge < -0.3 is 14.7 Å². The highest BCUT2D eigenvalue weighted by Gasteiger charge is 2.37. The topological polar surface area (TPSA) is 49.8 Å². The summed E-state index contributed by atoms with van der Waals surface area (Å²) in [6.07, 6.45) is 0.783. The number of ether oxygens (including phenoxy) is 1. The Morgan fingerprint density at radius 1 is 1.40 bits per heavy atom. The first-order chi connectivity index (χ1) is 9.20. The zero-order chi connectivity index (χ0) is 15.0. The monoisotopic (exact) mass is 361 g/mol. The Hall–Kier alpha value is -0.590. The van der Waals surface area contributed by atoms with Crippen molar-refractivity contribution in [1.82, 2.24) is 4.90 Å². The van der Waals surface area contributed by atoms with Crippen LogP contribution in [0.2, 0.25) is 0 Å². The Morgan fingerprint density at radius 2 is 2.00 bits per heavy atom. The Morgan fingerprint density at radius 3 is 2.45 bits per heavy atom. The number of aliphatic hydroxyl groups is 1. The van der Waals surface area contributed by atoms with Crippen LogP contribution in [0.3, 0.4) is 0 Å². The van der Waals surface area contributed by atoms with Gasteiger partial charge in [-0.15, -0.1) is 11.3 Å². The van der Waals surface area contributed by atoms with Gasteiger partial charge in [-0.25, -0.2) is 4.79 Å². The lowest BCUT2D eigenvalue weighted by Gasteiger charge is -2.38. The van der Waals surface area contributed by atoms with Crippen molar-refractivity contribution >= 4 is 33.4 Å². The van der Waals surface area contributed by atoms with Gasteiger partial charge in [0.15, 0.2) is 0 Å². The lowest BCUT2D eigenvalue weighted by atomic mass is 9.90. The second kappa shape index (κ2) is 5.66. The predicted octanol–water partition coefficient (Wildman–Crippen LogP) is 3.73. The zero-order valence-corrected chi connectivity index (χ0v) is 14.4. The highest BCUT2D eigenvalue weighted by Crippen LogP contribution is 2.38. The highest BCUT2D eigenvalue weighted by molar-refractivity contribution is 9.11. The number of thiophene rings is 1. The number of likely N-dealkylation sites (tertiary alicyclic amines) is 1. The molecule has 0 aromatic carbocycles. The van der Waals surface area contributed by atoms with Crippen molar-refractivity contribution in [1.29, 1.82) is 0 Å². The summed E-state index contributed by atoms with van der Waals surface area (Å²) in [5.74, 6) is 0. The van der Waals surface area contributed by atoms with Gasteiger partial charge in [0, 0.05) is 18.0 Å². The number of halogens is 1. The standard InChI is InChI=1S/C14H20BrNO3S/c1-13(2,3)19-12(17)16-8-6-14(18,7-9-16)10-4-5-11(15)20-10/h4-5,18H,6-9H2,1-3H3. The molecule has 1 aliphatic rings. The summed E-state index contributed by atoms with van der Waals surface area (Å²) in [7, 11) is 0. The van der Waals surface area contributed by atoms with Gasteiger partial charge in [-0.3, -0.25) is 0 Å². The zero-order valence-electron chi connectivity index (χ0n) is 12.0. The maximum Gasteiger partial charge on any atom is 0.410 e. The molecule has 1 amide bonds. The Bertz CT molecular complexity index is 487. The first kappa shape index (κ1) is 15.8. The van der Waals surface area contributed by atoms with Crippen LogP contribution in [0.1, 0.15) is 38.5 Å². The van der Waals surface area contributed by atoms with Crippen LogP contribution in [0.5, 0.6) is 0 Å². The van der Waals surface area contributed by atoms with Crippen molar-refractivity contribution in [2.45, 2.75) is 44.8 Å². The van der Waals surface area contributed by atoms with E-state index in [0.29, 0.717) is 25.9 Å². The first-order valence-corrected chi connectivity index (χ1v) is 8.27. The van der Waals surface area contributed by atoms with E-state index in [1.54, 1.807) is 16.2 Å². The number of amides is 1. The van der Waals surface area contributed by atoms with Crippen molar-refractivity contribution in [2.24, 2.45) is 0 Å². The van der Waals surface area contributed by atoms with Crippen molar-refractivity contribution in [3.63, 3.8) is 0 Å². The molecule has 20 heavy (non-hydrogen) atoms. The van der Waals surface area contributed by atoms with Crippen molar-refractivity contribution < 1.29 is 14.6 Å². The molecule has 0 atom stereocenters. The molecule has 112 valence electrons. The van der Waals surface area contributed by atoms with E-state index in [1.165, 1.54) is 0 Å². The molecule has 1 aromatic heterocycles. The van der Waals surface area contributed by atoms with Crippen LogP contribution in [-0.4, -0.2) is 34.8 Å². The van der Waals surface area contributed by atoms with E-state index in [-0.39, 0.29) is 6.09 Å². The number of hydrogen-bond acceptors (Lipinski definition) is 4. The van der Waals surface area contributed by atoms with Gasteiger partial charge >= 0.3 is 6.09 Å². The van der Waals surface area contributed by atoms with E-state index in [9.17, 15) is 9.90 Å². The molecule has 1 aromatic rings. The first-order valence-electron chi connectivity index (χ1n) is 6.66. The molecule has 4 nitrogen and oxygen atoms in total. The molecular weight excluding hydrogens is 342 g/mol. The Kier molecular flexibility index (Phi) is 4.47. The molecule has 0 saturated carbocycles. The van der Waals surface area contributed by atoms with Crippen LogP contribution in [0.25, 0.3) is 0 Å². The van der Waals surface area contributed by atoms with Gasteiger partial charge in [-0.1, -0.05) is 0 Å². The lowest BCUT2D eigenvalue weighted by molar-refractivity contribution is -0.0335. The second-order valence-electron chi connectivity index (χ2n) is 6.10. The van der Waals surface area contributed by atoms with Gasteiger partial charge in [0.25, 0.3) is 0 Å². The number of carbonyl (C=O) groups excluding carboxylic acids is 1. The number of hydrogen-bond donors (Lipinski definition) is 1. The molecule has 0 bridgehead atoms. The molecule has 1 fully saturated rings. The minimum absolute atomic E-state index is 0.299. The number of rotatable bonds is 1. The quantitative estimate of drug-likeness (QED) is 0.828. The van der Waals surface area contributed by atoms with E-state index in [0.717, 1.165) is 8.66 Å². The van der Waals surface area contributed by atoms with Crippen LogP contribution in [0, 0.1) is 0 Å². The molecule has 0 spiro atoms. The molecule has 0 unspecified atom stereocenters. The van der Waals surface area contributed by atoms with Crippen LogP contribution < -0.4 is 0 Å². The van der Waals surface area contributed by atoms with Gasteiger partial charge in [-0.2, -0.15) is 0 Å². The van der Waals surface area contributed by atoms with Gasteiger partial charge in [0.1, 0.15) is 11.2 Å². The molecule has 0 aliphatic carbocycles. The van der Waals surface area contributed by atoms with Crippen LogP contribution in [0.15, 0.2) is 15.9 Å². The number of nitrogens with zero attached hydrogens (tertiary/aromatic N) is 1. The third-order valence-corrected chi connectivity index (χ3v) is 5.09. The number of piperidine rings is 1. The normalized spacial score (nSPS) is 18.9. The van der Waals surface area contributed by atoms with Gasteiger partial charge in [-0.05, 0) is 61.7 Å². The smallest absolute Gasteiger partial charge is 0.410 e.